The monoisotopic (exact) mass is 476 g/mol. The first-order valence-corrected chi connectivity index (χ1v) is 12.5. The Morgan fingerprint density at radius 3 is 2.41 bits per heavy atom. The molecule has 0 radical (unpaired) electrons. The number of anilines is 2. The van der Waals surface area contributed by atoms with Crippen molar-refractivity contribution in [2.75, 3.05) is 30.9 Å². The smallest absolute Gasteiger partial charge is 0.264 e. The van der Waals surface area contributed by atoms with Crippen molar-refractivity contribution in [2.45, 2.75) is 25.5 Å². The molecule has 0 fully saturated rings. The Labute approximate surface area is 191 Å². The molecule has 1 heterocycles. The third kappa shape index (κ3) is 7.18. The maximum atomic E-state index is 12.0. The van der Waals surface area contributed by atoms with E-state index in [0.29, 0.717) is 6.61 Å². The van der Waals surface area contributed by atoms with E-state index in [2.05, 4.69) is 24.4 Å². The lowest BCUT2D eigenvalue weighted by Gasteiger charge is -2.30. The summed E-state index contributed by atoms with van der Waals surface area (Å²) in [6.45, 7) is 4.73. The maximum Gasteiger partial charge on any atom is 0.264 e. The minimum Gasteiger partial charge on any atom is -0.377 e. The van der Waals surface area contributed by atoms with Crippen LogP contribution in [0.3, 0.4) is 0 Å². The van der Waals surface area contributed by atoms with Gasteiger partial charge >= 0.3 is 0 Å². The zero-order valence-corrected chi connectivity index (χ0v) is 20.4. The summed E-state index contributed by atoms with van der Waals surface area (Å²) in [6, 6.07) is 15.5. The molecule has 0 amide bonds. The highest BCUT2D eigenvalue weighted by molar-refractivity contribution is 7.86. The predicted octanol–water partition coefficient (Wildman–Crippen LogP) is 3.29. The first kappa shape index (κ1) is 24.5. The average molecular weight is 477 g/mol. The first-order chi connectivity index (χ1) is 15.2. The van der Waals surface area contributed by atoms with Gasteiger partial charge in [0.1, 0.15) is 6.10 Å². The molecule has 172 valence electrons. The van der Waals surface area contributed by atoms with Gasteiger partial charge < -0.3 is 9.64 Å². The first-order valence-electron chi connectivity index (χ1n) is 10.1. The van der Waals surface area contributed by atoms with Crippen molar-refractivity contribution in [3.8, 4) is 0 Å². The number of hydrogen-bond donors (Lipinski definition) is 1. The molecule has 1 aromatic heterocycles. The van der Waals surface area contributed by atoms with E-state index in [4.69, 9.17) is 8.92 Å². The number of nitrogens with one attached hydrogen (secondary N) is 1. The van der Waals surface area contributed by atoms with Crippen LogP contribution < -0.4 is 9.99 Å². The van der Waals surface area contributed by atoms with Gasteiger partial charge in [-0.25, -0.2) is 0 Å². The highest BCUT2D eigenvalue weighted by atomic mass is 32.2. The van der Waals surface area contributed by atoms with Crippen molar-refractivity contribution in [3.05, 3.63) is 60.9 Å². The normalized spacial score (nSPS) is 13.2. The molecule has 3 aromatic rings. The van der Waals surface area contributed by atoms with E-state index in [-0.39, 0.29) is 18.7 Å². The van der Waals surface area contributed by atoms with Crippen molar-refractivity contribution in [1.29, 1.82) is 0 Å². The fourth-order valence-corrected chi connectivity index (χ4v) is 3.83. The van der Waals surface area contributed by atoms with Gasteiger partial charge in [-0.15, -0.1) is 0 Å². The second-order valence-corrected chi connectivity index (χ2v) is 10.0. The number of fused-ring (bicyclic) bond motifs is 1. The minimum absolute atomic E-state index is 0.111. The van der Waals surface area contributed by atoms with Crippen LogP contribution in [0.2, 0.25) is 0 Å². The summed E-state index contributed by atoms with van der Waals surface area (Å²) < 4.78 is 35.1. The van der Waals surface area contributed by atoms with Gasteiger partial charge in [0, 0.05) is 29.3 Å². The Kier molecular flexibility index (Phi) is 8.14. The van der Waals surface area contributed by atoms with Gasteiger partial charge in [0.2, 0.25) is 0 Å². The van der Waals surface area contributed by atoms with Crippen molar-refractivity contribution >= 4 is 41.9 Å². The second kappa shape index (κ2) is 10.6. The summed E-state index contributed by atoms with van der Waals surface area (Å²) in [4.78, 5) is 10.7. The molecule has 8 nitrogen and oxygen atoms in total. The standard InChI is InChI=1S/C22H29N4O4PS/c1-22(2,25-31)16-29-15-19(30-32(3,27)28)14-26(17-7-5-4-6-8-17)18-9-10-20-21(13-18)24-12-11-23-20/h4-13,19,25H,14-16,31H2,1-3H3. The van der Waals surface area contributed by atoms with Gasteiger partial charge in [0.25, 0.3) is 10.1 Å². The van der Waals surface area contributed by atoms with Gasteiger partial charge in [0.05, 0.1) is 37.0 Å². The van der Waals surface area contributed by atoms with E-state index in [1.54, 1.807) is 12.4 Å². The second-order valence-electron chi connectivity index (χ2n) is 8.14. The number of benzene rings is 2. The van der Waals surface area contributed by atoms with Crippen LogP contribution in [0.5, 0.6) is 0 Å². The third-order valence-electron chi connectivity index (χ3n) is 4.69. The highest BCUT2D eigenvalue weighted by Crippen LogP contribution is 2.28. The molecule has 10 heteroatoms. The van der Waals surface area contributed by atoms with Crippen molar-refractivity contribution < 1.29 is 17.3 Å². The number of para-hydroxylation sites is 1. The average Bonchev–Trinajstić information content (AvgIpc) is 2.76. The number of nitrogens with zero attached hydrogens (tertiary/aromatic N) is 3. The van der Waals surface area contributed by atoms with Crippen molar-refractivity contribution in [3.63, 3.8) is 0 Å². The molecular weight excluding hydrogens is 447 g/mol. The zero-order valence-electron chi connectivity index (χ0n) is 18.4. The summed E-state index contributed by atoms with van der Waals surface area (Å²) in [6.07, 6.45) is 3.62. The predicted molar refractivity (Wildman–Crippen MR) is 130 cm³/mol. The summed E-state index contributed by atoms with van der Waals surface area (Å²) in [5.41, 5.74) is 2.99. The van der Waals surface area contributed by atoms with Gasteiger partial charge in [-0.3, -0.25) is 19.2 Å². The van der Waals surface area contributed by atoms with Gasteiger partial charge in [-0.1, -0.05) is 27.6 Å². The molecule has 3 rings (SSSR count). The van der Waals surface area contributed by atoms with Crippen LogP contribution in [-0.2, 0) is 19.0 Å². The topological polar surface area (TPSA) is 93.7 Å². The fraction of sp³-hybridized carbons (Fsp3) is 0.364. The Balaban J connectivity index is 1.90. The number of aromatic nitrogens is 2. The van der Waals surface area contributed by atoms with Crippen LogP contribution in [0.15, 0.2) is 60.9 Å². The molecule has 32 heavy (non-hydrogen) atoms. The lowest BCUT2D eigenvalue weighted by molar-refractivity contribution is 0.0351. The zero-order chi connectivity index (χ0) is 23.2. The Morgan fingerprint density at radius 2 is 1.75 bits per heavy atom. The molecule has 2 aromatic carbocycles. The van der Waals surface area contributed by atoms with Crippen LogP contribution in [-0.4, -0.2) is 56.0 Å². The van der Waals surface area contributed by atoms with Crippen LogP contribution >= 0.6 is 9.39 Å². The molecule has 1 N–H and O–H groups in total. The fourth-order valence-electron chi connectivity index (χ4n) is 3.14. The summed E-state index contributed by atoms with van der Waals surface area (Å²) in [5, 5.41) is 3.08. The molecule has 0 saturated carbocycles. The molecule has 2 unspecified atom stereocenters. The van der Waals surface area contributed by atoms with E-state index in [1.807, 2.05) is 67.3 Å². The molecule has 2 atom stereocenters. The van der Waals surface area contributed by atoms with Crippen molar-refractivity contribution in [1.82, 2.24) is 15.1 Å². The molecule has 0 aliphatic rings. The van der Waals surface area contributed by atoms with Crippen LogP contribution in [0, 0.1) is 0 Å². The quantitative estimate of drug-likeness (QED) is 0.333. The van der Waals surface area contributed by atoms with E-state index >= 15 is 0 Å². The Bertz CT molecular complexity index is 1130. The largest absolute Gasteiger partial charge is 0.377 e. The molecule has 0 aliphatic heterocycles. The molecule has 0 aliphatic carbocycles. The lowest BCUT2D eigenvalue weighted by Crippen LogP contribution is -2.40. The van der Waals surface area contributed by atoms with Gasteiger partial charge in [-0.05, 0) is 44.2 Å². The summed E-state index contributed by atoms with van der Waals surface area (Å²) in [5.74, 6) is 0. The molecule has 0 spiro atoms. The third-order valence-corrected chi connectivity index (χ3v) is 6.09. The van der Waals surface area contributed by atoms with Crippen molar-refractivity contribution in [2.24, 2.45) is 0 Å². The summed E-state index contributed by atoms with van der Waals surface area (Å²) >= 11 is 0. The van der Waals surface area contributed by atoms with Crippen LogP contribution in [0.25, 0.3) is 11.0 Å². The van der Waals surface area contributed by atoms with Gasteiger partial charge in [-0.2, -0.15) is 8.42 Å². The number of ether oxygens (including phenoxy) is 1. The van der Waals surface area contributed by atoms with E-state index in [0.717, 1.165) is 28.7 Å². The number of hydrogen-bond acceptors (Lipinski definition) is 8. The SMILES string of the molecule is CC(C)(COCC(CN(c1ccccc1)c1ccc2nccnc2c1)OS(C)(=O)=O)NP. The molecular formula is C22H29N4O4PS. The van der Waals surface area contributed by atoms with E-state index in [9.17, 15) is 8.42 Å². The Morgan fingerprint density at radius 1 is 1.06 bits per heavy atom. The van der Waals surface area contributed by atoms with Crippen LogP contribution in [0.1, 0.15) is 13.8 Å². The lowest BCUT2D eigenvalue weighted by atomic mass is 10.1. The minimum atomic E-state index is -3.69. The number of rotatable bonds is 11. The van der Waals surface area contributed by atoms with E-state index < -0.39 is 16.2 Å². The maximum absolute atomic E-state index is 12.0. The Hall–Kier alpha value is -2.16. The van der Waals surface area contributed by atoms with Gasteiger partial charge in [0.15, 0.2) is 0 Å². The molecule has 0 saturated heterocycles. The van der Waals surface area contributed by atoms with E-state index in [1.165, 1.54) is 0 Å². The molecule has 0 bridgehead atoms. The van der Waals surface area contributed by atoms with Crippen LogP contribution in [0.4, 0.5) is 11.4 Å². The highest BCUT2D eigenvalue weighted by Gasteiger charge is 2.23. The summed E-state index contributed by atoms with van der Waals surface area (Å²) in [7, 11) is -1.22.